The summed E-state index contributed by atoms with van der Waals surface area (Å²) in [6.45, 7) is 9.09. The summed E-state index contributed by atoms with van der Waals surface area (Å²) < 4.78 is 0. The van der Waals surface area contributed by atoms with Gasteiger partial charge >= 0.3 is 0 Å². The van der Waals surface area contributed by atoms with Gasteiger partial charge in [-0.15, -0.1) is 0 Å². The fourth-order valence-corrected chi connectivity index (χ4v) is 8.01. The number of fused-ring (bicyclic) bond motifs is 6. The average Bonchev–Trinajstić information content (AvgIpc) is 3.27. The van der Waals surface area contributed by atoms with Crippen LogP contribution in [-0.2, 0) is 23.7 Å². The predicted octanol–water partition coefficient (Wildman–Crippen LogP) is 11.3. The van der Waals surface area contributed by atoms with Crippen LogP contribution in [0.25, 0.3) is 0 Å². The van der Waals surface area contributed by atoms with E-state index in [0.29, 0.717) is 0 Å². The highest BCUT2D eigenvalue weighted by Gasteiger charge is 2.39. The van der Waals surface area contributed by atoms with Crippen molar-refractivity contribution in [2.75, 3.05) is 15.0 Å². The third-order valence-electron chi connectivity index (χ3n) is 10.7. The lowest BCUT2D eigenvalue weighted by Gasteiger charge is -2.43. The maximum atomic E-state index is 11.1. The highest BCUT2D eigenvalue weighted by molar-refractivity contribution is 5.88. The second kappa shape index (κ2) is 11.7. The molecule has 0 saturated carbocycles. The number of hydrogen-bond acceptors (Lipinski definition) is 5. The first-order chi connectivity index (χ1) is 23.7. The molecule has 0 spiro atoms. The third kappa shape index (κ3) is 4.92. The molecule has 9 rings (SSSR count). The Kier molecular flexibility index (Phi) is 7.36. The van der Waals surface area contributed by atoms with Gasteiger partial charge in [-0.25, -0.2) is 10.1 Å². The van der Waals surface area contributed by atoms with E-state index in [4.69, 9.17) is 0 Å². The second-order valence-electron chi connectivity index (χ2n) is 14.2. The lowest BCUT2D eigenvalue weighted by molar-refractivity contribution is 0.293. The van der Waals surface area contributed by atoms with Crippen molar-refractivity contribution in [3.05, 3.63) is 173 Å². The SMILES string of the molecule is CC1(C)c2ccccc2N(O)c2ccc(N3c4ccccc4C(C)(C)c4ccccc43)cc21.ON1c2ccccc2CCc2ccccc21. The number of anilines is 7. The Morgan fingerprint density at radius 2 is 0.776 bits per heavy atom. The normalized spacial score (nSPS) is 16.0. The monoisotopic (exact) mass is 643 g/mol. The van der Waals surface area contributed by atoms with Gasteiger partial charge in [0.25, 0.3) is 0 Å². The van der Waals surface area contributed by atoms with Crippen molar-refractivity contribution in [2.24, 2.45) is 0 Å². The minimum atomic E-state index is -0.241. The quantitative estimate of drug-likeness (QED) is 0.187. The minimum Gasteiger partial charge on any atom is -0.310 e. The molecule has 0 bridgehead atoms. The van der Waals surface area contributed by atoms with Gasteiger partial charge < -0.3 is 4.90 Å². The fraction of sp³-hybridized carbons (Fsp3) is 0.182. The first-order valence-corrected chi connectivity index (χ1v) is 17.0. The molecule has 0 aromatic heterocycles. The number of rotatable bonds is 1. The van der Waals surface area contributed by atoms with Crippen molar-refractivity contribution in [1.82, 2.24) is 0 Å². The minimum absolute atomic E-state index is 0.0853. The van der Waals surface area contributed by atoms with Gasteiger partial charge in [-0.05, 0) is 94.8 Å². The number of para-hydroxylation sites is 5. The van der Waals surface area contributed by atoms with Gasteiger partial charge in [0.2, 0.25) is 0 Å². The topological polar surface area (TPSA) is 50.2 Å². The van der Waals surface area contributed by atoms with Gasteiger partial charge in [-0.1, -0.05) is 119 Å². The molecule has 0 fully saturated rings. The average molecular weight is 644 g/mol. The molecule has 0 aliphatic carbocycles. The zero-order chi connectivity index (χ0) is 33.9. The predicted molar refractivity (Wildman–Crippen MR) is 200 cm³/mol. The summed E-state index contributed by atoms with van der Waals surface area (Å²) in [6.07, 6.45) is 1.95. The Hall–Kier alpha value is -5.36. The van der Waals surface area contributed by atoms with Crippen LogP contribution in [0.5, 0.6) is 0 Å². The van der Waals surface area contributed by atoms with Crippen LogP contribution in [0, 0.1) is 0 Å². The van der Waals surface area contributed by atoms with Crippen LogP contribution in [-0.4, -0.2) is 10.4 Å². The Morgan fingerprint density at radius 1 is 0.408 bits per heavy atom. The van der Waals surface area contributed by atoms with Crippen molar-refractivity contribution in [3.63, 3.8) is 0 Å². The number of nitrogens with zero attached hydrogens (tertiary/aromatic N) is 3. The van der Waals surface area contributed by atoms with E-state index in [1.807, 2.05) is 60.7 Å². The van der Waals surface area contributed by atoms with Crippen LogP contribution in [0.15, 0.2) is 140 Å². The van der Waals surface area contributed by atoms with Crippen LogP contribution < -0.4 is 15.0 Å². The Bertz CT molecular complexity index is 2110. The molecule has 0 unspecified atom stereocenters. The zero-order valence-electron chi connectivity index (χ0n) is 28.4. The largest absolute Gasteiger partial charge is 0.310 e. The van der Waals surface area contributed by atoms with E-state index < -0.39 is 0 Å². The lowest BCUT2D eigenvalue weighted by atomic mass is 9.72. The number of aryl methyl sites for hydroxylation is 2. The maximum Gasteiger partial charge on any atom is 0.0735 e. The van der Waals surface area contributed by atoms with E-state index in [9.17, 15) is 10.4 Å². The van der Waals surface area contributed by atoms with Crippen LogP contribution in [0.3, 0.4) is 0 Å². The van der Waals surface area contributed by atoms with Gasteiger partial charge in [0.05, 0.1) is 34.1 Å². The van der Waals surface area contributed by atoms with Gasteiger partial charge in [-0.3, -0.25) is 10.4 Å². The van der Waals surface area contributed by atoms with E-state index in [1.54, 1.807) is 0 Å². The summed E-state index contributed by atoms with van der Waals surface area (Å²) in [5, 5.41) is 23.9. The Labute approximate surface area is 288 Å². The summed E-state index contributed by atoms with van der Waals surface area (Å²) in [4.78, 5) is 2.37. The molecule has 0 radical (unpaired) electrons. The highest BCUT2D eigenvalue weighted by atomic mass is 16.5. The molecule has 3 aliphatic rings. The van der Waals surface area contributed by atoms with Crippen LogP contribution >= 0.6 is 0 Å². The summed E-state index contributed by atoms with van der Waals surface area (Å²) in [5.41, 5.74) is 13.9. The molecule has 3 heterocycles. The molecule has 6 aromatic rings. The van der Waals surface area contributed by atoms with E-state index >= 15 is 0 Å². The molecule has 2 N–H and O–H groups in total. The highest BCUT2D eigenvalue weighted by Crippen LogP contribution is 2.54. The molecule has 6 aromatic carbocycles. The summed E-state index contributed by atoms with van der Waals surface area (Å²) in [6, 6.07) is 47.9. The molecular formula is C44H41N3O2. The third-order valence-corrected chi connectivity index (χ3v) is 10.7. The van der Waals surface area contributed by atoms with Gasteiger partial charge in [0.1, 0.15) is 0 Å². The molecule has 0 amide bonds. The van der Waals surface area contributed by atoms with E-state index in [2.05, 4.69) is 111 Å². The van der Waals surface area contributed by atoms with Crippen LogP contribution in [0.1, 0.15) is 61.1 Å². The summed E-state index contributed by atoms with van der Waals surface area (Å²) in [5.74, 6) is 0. The van der Waals surface area contributed by atoms with Crippen LogP contribution in [0.4, 0.5) is 39.8 Å². The van der Waals surface area contributed by atoms with Gasteiger partial charge in [0, 0.05) is 16.5 Å². The van der Waals surface area contributed by atoms with Gasteiger partial charge in [-0.2, -0.15) is 0 Å². The van der Waals surface area contributed by atoms with E-state index in [1.165, 1.54) is 43.8 Å². The standard InChI is InChI=1S/C30H28N2O.C14H13NO/c1-29(2)21-11-5-8-14-25(21)31(26-15-9-6-12-22(26)29)20-17-18-28-24(19-20)30(3,4)23-13-7-10-16-27(23)32(28)33;16-15-13-7-3-1-5-11(13)9-10-12-6-2-4-8-14(12)15/h5-19,33H,1-4H3;1-8,16H,9-10H2. The molecular weight excluding hydrogens is 603 g/mol. The van der Waals surface area contributed by atoms with Crippen LogP contribution in [0.2, 0.25) is 0 Å². The summed E-state index contributed by atoms with van der Waals surface area (Å²) >= 11 is 0. The van der Waals surface area contributed by atoms with Crippen molar-refractivity contribution in [3.8, 4) is 0 Å². The molecule has 0 saturated heterocycles. The number of benzene rings is 6. The van der Waals surface area contributed by atoms with Crippen molar-refractivity contribution < 1.29 is 10.4 Å². The van der Waals surface area contributed by atoms with Crippen molar-refractivity contribution in [1.29, 1.82) is 0 Å². The van der Waals surface area contributed by atoms with E-state index in [0.717, 1.165) is 52.4 Å². The first-order valence-electron chi connectivity index (χ1n) is 17.0. The molecule has 5 nitrogen and oxygen atoms in total. The fourth-order valence-electron chi connectivity index (χ4n) is 8.01. The summed E-state index contributed by atoms with van der Waals surface area (Å²) in [7, 11) is 0. The maximum absolute atomic E-state index is 11.1. The number of hydrogen-bond donors (Lipinski definition) is 2. The van der Waals surface area contributed by atoms with Gasteiger partial charge in [0.15, 0.2) is 0 Å². The molecule has 49 heavy (non-hydrogen) atoms. The van der Waals surface area contributed by atoms with Crippen molar-refractivity contribution in [2.45, 2.75) is 51.4 Å². The molecule has 244 valence electrons. The molecule has 0 atom stereocenters. The molecule has 3 aliphatic heterocycles. The smallest absolute Gasteiger partial charge is 0.0735 e. The second-order valence-corrected chi connectivity index (χ2v) is 14.2. The lowest BCUT2D eigenvalue weighted by Crippen LogP contribution is -2.32. The van der Waals surface area contributed by atoms with E-state index in [-0.39, 0.29) is 10.8 Å². The Morgan fingerprint density at radius 3 is 1.31 bits per heavy atom. The zero-order valence-corrected chi connectivity index (χ0v) is 28.4. The Balaban J connectivity index is 0.000000182. The van der Waals surface area contributed by atoms with Crippen molar-refractivity contribution >= 4 is 39.8 Å². The first kappa shape index (κ1) is 30.9. The molecule has 5 heteroatoms.